The van der Waals surface area contributed by atoms with Gasteiger partial charge in [-0.15, -0.1) is 11.3 Å². The predicted octanol–water partition coefficient (Wildman–Crippen LogP) is 3.58. The largest absolute Gasteiger partial charge is 0.368 e. The maximum atomic E-state index is 12.6. The lowest BCUT2D eigenvalue weighted by molar-refractivity contribution is 0.0955. The molecule has 0 unspecified atom stereocenters. The van der Waals surface area contributed by atoms with Crippen molar-refractivity contribution in [2.75, 3.05) is 38.1 Å². The number of anilines is 1. The fourth-order valence-corrected chi connectivity index (χ4v) is 4.34. The van der Waals surface area contributed by atoms with Crippen molar-refractivity contribution in [3.05, 3.63) is 65.0 Å². The molecule has 0 radical (unpaired) electrons. The van der Waals surface area contributed by atoms with Crippen molar-refractivity contribution in [3.63, 3.8) is 0 Å². The smallest absolute Gasteiger partial charge is 0.261 e. The van der Waals surface area contributed by atoms with Crippen LogP contribution in [-0.4, -0.2) is 44.0 Å². The van der Waals surface area contributed by atoms with E-state index < -0.39 is 0 Å². The number of fused-ring (bicyclic) bond motifs is 1. The van der Waals surface area contributed by atoms with Gasteiger partial charge < -0.3 is 15.1 Å². The average molecular weight is 366 g/mol. The molecule has 5 heteroatoms. The number of nitrogens with one attached hydrogen (secondary N) is 1. The summed E-state index contributed by atoms with van der Waals surface area (Å²) in [4.78, 5) is 18.2. The van der Waals surface area contributed by atoms with Crippen LogP contribution in [0.3, 0.4) is 0 Å². The molecular weight excluding hydrogens is 342 g/mol. The van der Waals surface area contributed by atoms with Crippen molar-refractivity contribution < 1.29 is 4.79 Å². The predicted molar refractivity (Wildman–Crippen MR) is 109 cm³/mol. The Morgan fingerprint density at radius 3 is 2.58 bits per heavy atom. The van der Waals surface area contributed by atoms with Gasteiger partial charge in [-0.3, -0.25) is 4.79 Å². The second-order valence-electron chi connectivity index (χ2n) is 6.76. The zero-order valence-electron chi connectivity index (χ0n) is 14.9. The Kier molecular flexibility index (Phi) is 4.91. The minimum absolute atomic E-state index is 0.000574. The van der Waals surface area contributed by atoms with E-state index in [9.17, 15) is 4.79 Å². The van der Waals surface area contributed by atoms with Gasteiger partial charge in [0.05, 0.1) is 4.88 Å². The zero-order chi connectivity index (χ0) is 17.9. The first-order chi connectivity index (χ1) is 12.7. The number of piperazine rings is 1. The van der Waals surface area contributed by atoms with E-state index in [1.807, 2.05) is 36.4 Å². The van der Waals surface area contributed by atoms with Crippen LogP contribution in [0.1, 0.15) is 15.2 Å². The van der Waals surface area contributed by atoms with Gasteiger partial charge in [-0.1, -0.05) is 36.4 Å². The third-order valence-electron chi connectivity index (χ3n) is 4.90. The molecule has 1 aromatic heterocycles. The number of likely N-dealkylation sites (N-methyl/N-ethyl adjacent to an activating group) is 1. The number of hydrogen-bond acceptors (Lipinski definition) is 4. The molecule has 0 spiro atoms. The van der Waals surface area contributed by atoms with Crippen LogP contribution < -0.4 is 10.2 Å². The van der Waals surface area contributed by atoms with Crippen molar-refractivity contribution in [3.8, 4) is 0 Å². The Labute approximate surface area is 158 Å². The van der Waals surface area contributed by atoms with Gasteiger partial charge in [-0.2, -0.15) is 0 Å². The molecule has 1 N–H and O–H groups in total. The van der Waals surface area contributed by atoms with Crippen molar-refractivity contribution >= 4 is 33.0 Å². The third kappa shape index (κ3) is 3.59. The van der Waals surface area contributed by atoms with Gasteiger partial charge in [-0.25, -0.2) is 0 Å². The molecule has 3 aromatic rings. The molecule has 2 aromatic carbocycles. The van der Waals surface area contributed by atoms with E-state index in [0.717, 1.165) is 36.6 Å². The zero-order valence-corrected chi connectivity index (χ0v) is 15.8. The molecule has 0 saturated carbocycles. The molecule has 0 atom stereocenters. The van der Waals surface area contributed by atoms with Crippen LogP contribution in [-0.2, 0) is 6.54 Å². The van der Waals surface area contributed by atoms with Gasteiger partial charge in [-0.05, 0) is 30.8 Å². The highest BCUT2D eigenvalue weighted by Crippen LogP contribution is 2.33. The maximum absolute atomic E-state index is 12.6. The lowest BCUT2D eigenvalue weighted by Gasteiger charge is -2.34. The van der Waals surface area contributed by atoms with E-state index in [0.29, 0.717) is 6.54 Å². The molecule has 1 amide bonds. The summed E-state index contributed by atoms with van der Waals surface area (Å²) in [6.45, 7) is 4.76. The maximum Gasteiger partial charge on any atom is 0.261 e. The van der Waals surface area contributed by atoms with E-state index in [1.54, 1.807) is 11.3 Å². The molecule has 4 rings (SSSR count). The summed E-state index contributed by atoms with van der Waals surface area (Å²) in [6, 6.07) is 18.4. The molecule has 0 aliphatic carbocycles. The van der Waals surface area contributed by atoms with Crippen LogP contribution in [0.2, 0.25) is 0 Å². The number of nitrogens with zero attached hydrogens (tertiary/aromatic N) is 2. The summed E-state index contributed by atoms with van der Waals surface area (Å²) in [5.74, 6) is -0.000574. The summed E-state index contributed by atoms with van der Waals surface area (Å²) in [5.41, 5.74) is 2.36. The molecule has 1 aliphatic rings. The summed E-state index contributed by atoms with van der Waals surface area (Å²) in [6.07, 6.45) is 0. The number of thiophene rings is 1. The first-order valence-electron chi connectivity index (χ1n) is 8.99. The average Bonchev–Trinajstić information content (AvgIpc) is 3.12. The van der Waals surface area contributed by atoms with Gasteiger partial charge in [0, 0.05) is 48.5 Å². The Morgan fingerprint density at radius 2 is 1.81 bits per heavy atom. The minimum Gasteiger partial charge on any atom is -0.368 e. The lowest BCUT2D eigenvalue weighted by atomic mass is 10.1. The van der Waals surface area contributed by atoms with Crippen LogP contribution in [0.4, 0.5) is 5.69 Å². The number of amides is 1. The Morgan fingerprint density at radius 1 is 1.04 bits per heavy atom. The van der Waals surface area contributed by atoms with Crippen molar-refractivity contribution in [2.24, 2.45) is 0 Å². The fraction of sp³-hybridized carbons (Fsp3) is 0.286. The highest BCUT2D eigenvalue weighted by atomic mass is 32.1. The number of hydrogen-bond donors (Lipinski definition) is 1. The van der Waals surface area contributed by atoms with E-state index in [-0.39, 0.29) is 5.91 Å². The SMILES string of the molecule is CN1CCN(c2cccc3sc(C(=O)NCc4ccccc4)cc23)CC1. The van der Waals surface area contributed by atoms with Crippen LogP contribution in [0.25, 0.3) is 10.1 Å². The van der Waals surface area contributed by atoms with E-state index >= 15 is 0 Å². The monoisotopic (exact) mass is 365 g/mol. The minimum atomic E-state index is -0.000574. The van der Waals surface area contributed by atoms with Crippen molar-refractivity contribution in [2.45, 2.75) is 6.54 Å². The summed E-state index contributed by atoms with van der Waals surface area (Å²) in [5, 5.41) is 4.22. The number of carbonyl (C=O) groups is 1. The quantitative estimate of drug-likeness (QED) is 0.768. The standard InChI is InChI=1S/C21H23N3OS/c1-23-10-12-24(13-11-23)18-8-5-9-19-17(18)14-20(26-19)21(25)22-15-16-6-3-2-4-7-16/h2-9,14H,10-13,15H2,1H3,(H,22,25). The second kappa shape index (κ2) is 7.48. The first kappa shape index (κ1) is 17.1. The lowest BCUT2D eigenvalue weighted by Crippen LogP contribution is -2.44. The highest BCUT2D eigenvalue weighted by molar-refractivity contribution is 7.20. The second-order valence-corrected chi connectivity index (χ2v) is 7.84. The summed E-state index contributed by atoms with van der Waals surface area (Å²) >= 11 is 1.57. The molecule has 26 heavy (non-hydrogen) atoms. The van der Waals surface area contributed by atoms with E-state index in [4.69, 9.17) is 0 Å². The van der Waals surface area contributed by atoms with Gasteiger partial charge >= 0.3 is 0 Å². The first-order valence-corrected chi connectivity index (χ1v) is 9.80. The van der Waals surface area contributed by atoms with Crippen LogP contribution in [0.5, 0.6) is 0 Å². The Hall–Kier alpha value is -2.37. The van der Waals surface area contributed by atoms with Crippen molar-refractivity contribution in [1.82, 2.24) is 10.2 Å². The Bertz CT molecular complexity index is 898. The topological polar surface area (TPSA) is 35.6 Å². The molecule has 134 valence electrons. The van der Waals surface area contributed by atoms with Crippen LogP contribution >= 0.6 is 11.3 Å². The fourth-order valence-electron chi connectivity index (χ4n) is 3.35. The molecule has 1 aliphatic heterocycles. The Balaban J connectivity index is 1.53. The molecular formula is C21H23N3OS. The van der Waals surface area contributed by atoms with Crippen molar-refractivity contribution in [1.29, 1.82) is 0 Å². The van der Waals surface area contributed by atoms with Gasteiger partial charge in [0.25, 0.3) is 5.91 Å². The molecule has 1 fully saturated rings. The van der Waals surface area contributed by atoms with Gasteiger partial charge in [0.1, 0.15) is 0 Å². The number of rotatable bonds is 4. The van der Waals surface area contributed by atoms with Gasteiger partial charge in [0.15, 0.2) is 0 Å². The normalized spacial score (nSPS) is 15.3. The summed E-state index contributed by atoms with van der Waals surface area (Å²) < 4.78 is 1.17. The van der Waals surface area contributed by atoms with E-state index in [2.05, 4.69) is 40.4 Å². The van der Waals surface area contributed by atoms with E-state index in [1.165, 1.54) is 15.8 Å². The van der Waals surface area contributed by atoms with Gasteiger partial charge in [0.2, 0.25) is 0 Å². The molecule has 4 nitrogen and oxygen atoms in total. The van der Waals surface area contributed by atoms with Crippen LogP contribution in [0, 0.1) is 0 Å². The summed E-state index contributed by atoms with van der Waals surface area (Å²) in [7, 11) is 2.16. The third-order valence-corrected chi connectivity index (χ3v) is 6.00. The molecule has 0 bridgehead atoms. The highest BCUT2D eigenvalue weighted by Gasteiger charge is 2.18. The molecule has 1 saturated heterocycles. The number of benzene rings is 2. The number of carbonyl (C=O) groups excluding carboxylic acids is 1. The van der Waals surface area contributed by atoms with Crippen LogP contribution in [0.15, 0.2) is 54.6 Å². The molecule has 2 heterocycles.